The number of carbonyl (C=O) groups is 1. The predicted molar refractivity (Wildman–Crippen MR) is 75.0 cm³/mol. The van der Waals surface area contributed by atoms with Crippen LogP contribution in [0.5, 0.6) is 0 Å². The molecule has 3 nitrogen and oxygen atoms in total. The van der Waals surface area contributed by atoms with Gasteiger partial charge in [-0.3, -0.25) is 0 Å². The first kappa shape index (κ1) is 12.9. The van der Waals surface area contributed by atoms with Gasteiger partial charge in [0.15, 0.2) is 0 Å². The maximum atomic E-state index is 12.3. The molecule has 0 bridgehead atoms. The van der Waals surface area contributed by atoms with Gasteiger partial charge in [-0.25, -0.2) is 4.79 Å². The van der Waals surface area contributed by atoms with E-state index in [-0.39, 0.29) is 5.97 Å². The van der Waals surface area contributed by atoms with Crippen LogP contribution in [-0.2, 0) is 25.5 Å². The van der Waals surface area contributed by atoms with Crippen LogP contribution in [0.1, 0.15) is 18.1 Å². The van der Waals surface area contributed by atoms with E-state index >= 15 is 0 Å². The van der Waals surface area contributed by atoms with Crippen LogP contribution in [0.2, 0.25) is 0 Å². The smallest absolute Gasteiger partial charge is 0.346 e. The summed E-state index contributed by atoms with van der Waals surface area (Å²) in [6.07, 6.45) is 0. The fourth-order valence-corrected chi connectivity index (χ4v) is 2.80. The molecule has 0 aromatic heterocycles. The first-order chi connectivity index (χ1) is 9.65. The van der Waals surface area contributed by atoms with Gasteiger partial charge < -0.3 is 9.47 Å². The second-order valence-electron chi connectivity index (χ2n) is 5.04. The fraction of sp³-hybridized carbons (Fsp3) is 0.235. The number of epoxide rings is 1. The SMILES string of the molecule is COC(=O)[C@@]1(c2ccccc2)O[C@@]1(C)c1ccccc1. The number of carbonyl (C=O) groups excluding carboxylic acids is 1. The molecule has 0 amide bonds. The van der Waals surface area contributed by atoms with Gasteiger partial charge in [0.25, 0.3) is 0 Å². The minimum atomic E-state index is -1.05. The predicted octanol–water partition coefficient (Wildman–Crippen LogP) is 3.00. The molecule has 2 aromatic carbocycles. The number of rotatable bonds is 3. The standard InChI is InChI=1S/C17H16O3/c1-16(13-9-5-3-6-10-13)17(20-16,15(18)19-2)14-11-7-4-8-12-14/h3-12H,1-2H3/t16-,17+/m0/s1. The van der Waals surface area contributed by atoms with Crippen LogP contribution in [0, 0.1) is 0 Å². The molecule has 3 heteroatoms. The summed E-state index contributed by atoms with van der Waals surface area (Å²) in [6.45, 7) is 1.92. The van der Waals surface area contributed by atoms with Crippen molar-refractivity contribution in [3.63, 3.8) is 0 Å². The van der Waals surface area contributed by atoms with Crippen LogP contribution in [-0.4, -0.2) is 13.1 Å². The van der Waals surface area contributed by atoms with E-state index in [9.17, 15) is 4.79 Å². The number of esters is 1. The summed E-state index contributed by atoms with van der Waals surface area (Å²) in [4.78, 5) is 12.3. The lowest BCUT2D eigenvalue weighted by Crippen LogP contribution is -2.30. The summed E-state index contributed by atoms with van der Waals surface area (Å²) in [6, 6.07) is 19.2. The van der Waals surface area contributed by atoms with Gasteiger partial charge in [0.2, 0.25) is 5.60 Å². The molecule has 0 unspecified atom stereocenters. The summed E-state index contributed by atoms with van der Waals surface area (Å²) in [7, 11) is 1.39. The summed E-state index contributed by atoms with van der Waals surface area (Å²) in [5.74, 6) is -0.366. The molecule has 2 atom stereocenters. The van der Waals surface area contributed by atoms with Crippen molar-refractivity contribution < 1.29 is 14.3 Å². The first-order valence-corrected chi connectivity index (χ1v) is 6.55. The topological polar surface area (TPSA) is 38.8 Å². The zero-order valence-corrected chi connectivity index (χ0v) is 11.5. The van der Waals surface area contributed by atoms with E-state index in [1.807, 2.05) is 67.6 Å². The summed E-state index contributed by atoms with van der Waals surface area (Å²) in [5, 5.41) is 0. The van der Waals surface area contributed by atoms with Crippen LogP contribution >= 0.6 is 0 Å². The second kappa shape index (κ2) is 4.46. The van der Waals surface area contributed by atoms with E-state index in [0.29, 0.717) is 0 Å². The van der Waals surface area contributed by atoms with E-state index in [1.54, 1.807) is 0 Å². The minimum Gasteiger partial charge on any atom is -0.467 e. The Morgan fingerprint density at radius 2 is 1.45 bits per heavy atom. The molecule has 102 valence electrons. The molecule has 1 aliphatic rings. The molecule has 1 fully saturated rings. The molecule has 0 saturated carbocycles. The van der Waals surface area contributed by atoms with Crippen LogP contribution in [0.25, 0.3) is 0 Å². The molecular formula is C17H16O3. The minimum absolute atomic E-state index is 0.366. The van der Waals surface area contributed by atoms with Gasteiger partial charge in [-0.1, -0.05) is 60.7 Å². The average molecular weight is 268 g/mol. The highest BCUT2D eigenvalue weighted by Gasteiger charge is 2.74. The Morgan fingerprint density at radius 1 is 0.950 bits per heavy atom. The van der Waals surface area contributed by atoms with Gasteiger partial charge in [0.05, 0.1) is 7.11 Å². The molecule has 1 aliphatic heterocycles. The van der Waals surface area contributed by atoms with Gasteiger partial charge in [0.1, 0.15) is 5.60 Å². The van der Waals surface area contributed by atoms with Gasteiger partial charge in [-0.2, -0.15) is 0 Å². The van der Waals surface area contributed by atoms with Crippen LogP contribution in [0.4, 0.5) is 0 Å². The molecule has 0 aliphatic carbocycles. The second-order valence-corrected chi connectivity index (χ2v) is 5.04. The third kappa shape index (κ3) is 1.60. The van der Waals surface area contributed by atoms with Crippen molar-refractivity contribution in [1.29, 1.82) is 0 Å². The Balaban J connectivity index is 2.11. The highest BCUT2D eigenvalue weighted by molar-refractivity contribution is 5.87. The van der Waals surface area contributed by atoms with Gasteiger partial charge in [-0.05, 0) is 18.1 Å². The summed E-state index contributed by atoms with van der Waals surface area (Å²) in [5.41, 5.74) is 0.0417. The maximum Gasteiger partial charge on any atom is 0.346 e. The lowest BCUT2D eigenvalue weighted by Gasteiger charge is -2.15. The van der Waals surface area contributed by atoms with Crippen molar-refractivity contribution in [2.24, 2.45) is 0 Å². The number of ether oxygens (including phenoxy) is 2. The number of hydrogen-bond acceptors (Lipinski definition) is 3. The van der Waals surface area contributed by atoms with Gasteiger partial charge in [0, 0.05) is 0 Å². The largest absolute Gasteiger partial charge is 0.467 e. The molecule has 0 N–H and O–H groups in total. The van der Waals surface area contributed by atoms with E-state index in [1.165, 1.54) is 7.11 Å². The average Bonchev–Trinajstić information content (AvgIpc) is 3.17. The fourth-order valence-electron chi connectivity index (χ4n) is 2.80. The van der Waals surface area contributed by atoms with Crippen molar-refractivity contribution in [3.05, 3.63) is 71.8 Å². The molecule has 0 radical (unpaired) electrons. The van der Waals surface area contributed by atoms with Crippen molar-refractivity contribution in [1.82, 2.24) is 0 Å². The van der Waals surface area contributed by atoms with Crippen molar-refractivity contribution in [2.75, 3.05) is 7.11 Å². The number of methoxy groups -OCH3 is 1. The van der Waals surface area contributed by atoms with E-state index in [2.05, 4.69) is 0 Å². The molecule has 1 heterocycles. The Hall–Kier alpha value is -2.13. The van der Waals surface area contributed by atoms with Gasteiger partial charge in [-0.15, -0.1) is 0 Å². The van der Waals surface area contributed by atoms with E-state index in [0.717, 1.165) is 11.1 Å². The summed E-state index contributed by atoms with van der Waals surface area (Å²) >= 11 is 0. The molecule has 0 spiro atoms. The number of benzene rings is 2. The third-order valence-corrected chi connectivity index (χ3v) is 3.97. The molecule has 1 saturated heterocycles. The Labute approximate surface area is 118 Å². The Morgan fingerprint density at radius 3 is 1.95 bits per heavy atom. The monoisotopic (exact) mass is 268 g/mol. The molecule has 3 rings (SSSR count). The normalized spacial score (nSPS) is 27.9. The van der Waals surface area contributed by atoms with Crippen LogP contribution in [0.3, 0.4) is 0 Å². The Kier molecular flexibility index (Phi) is 2.87. The number of hydrogen-bond donors (Lipinski definition) is 0. The quantitative estimate of drug-likeness (QED) is 0.634. The lowest BCUT2D eigenvalue weighted by molar-refractivity contribution is -0.147. The zero-order chi connectivity index (χ0) is 14.2. The first-order valence-electron chi connectivity index (χ1n) is 6.55. The molecular weight excluding hydrogens is 252 g/mol. The maximum absolute atomic E-state index is 12.3. The zero-order valence-electron chi connectivity index (χ0n) is 11.5. The van der Waals surface area contributed by atoms with Crippen LogP contribution < -0.4 is 0 Å². The van der Waals surface area contributed by atoms with Gasteiger partial charge >= 0.3 is 5.97 Å². The lowest BCUT2D eigenvalue weighted by atomic mass is 9.83. The van der Waals surface area contributed by atoms with E-state index in [4.69, 9.17) is 9.47 Å². The third-order valence-electron chi connectivity index (χ3n) is 3.97. The summed E-state index contributed by atoms with van der Waals surface area (Å²) < 4.78 is 10.9. The molecule has 2 aromatic rings. The van der Waals surface area contributed by atoms with Crippen molar-refractivity contribution in [3.8, 4) is 0 Å². The van der Waals surface area contributed by atoms with Crippen molar-refractivity contribution >= 4 is 5.97 Å². The van der Waals surface area contributed by atoms with Crippen LogP contribution in [0.15, 0.2) is 60.7 Å². The highest BCUT2D eigenvalue weighted by atomic mass is 16.7. The van der Waals surface area contributed by atoms with E-state index < -0.39 is 11.2 Å². The van der Waals surface area contributed by atoms with Crippen molar-refractivity contribution in [2.45, 2.75) is 18.1 Å². The highest BCUT2D eigenvalue weighted by Crippen LogP contribution is 2.62. The Bertz CT molecular complexity index is 623. The molecule has 20 heavy (non-hydrogen) atoms.